The Kier molecular flexibility index (Phi) is 6.80. The van der Waals surface area contributed by atoms with Crippen LogP contribution in [0.2, 0.25) is 5.02 Å². The molecule has 0 saturated heterocycles. The van der Waals surface area contributed by atoms with Gasteiger partial charge in [-0.15, -0.1) is 0 Å². The van der Waals surface area contributed by atoms with Gasteiger partial charge in [0, 0.05) is 16.3 Å². The molecule has 0 aliphatic carbocycles. The van der Waals surface area contributed by atoms with Crippen molar-refractivity contribution in [1.29, 1.82) is 0 Å². The largest absolute Gasteiger partial charge is 0.492 e. The second-order valence-corrected chi connectivity index (χ2v) is 9.54. The van der Waals surface area contributed by atoms with E-state index in [2.05, 4.69) is 26.1 Å². The van der Waals surface area contributed by atoms with E-state index in [0.717, 1.165) is 5.56 Å². The highest BCUT2D eigenvalue weighted by molar-refractivity contribution is 6.30. The van der Waals surface area contributed by atoms with E-state index in [1.165, 1.54) is 0 Å². The molecule has 7 heteroatoms. The molecule has 176 valence electrons. The Balaban J connectivity index is 1.45. The zero-order valence-corrected chi connectivity index (χ0v) is 20.2. The number of nitrogens with zero attached hydrogens (tertiary/aromatic N) is 1. The second kappa shape index (κ2) is 9.77. The summed E-state index contributed by atoms with van der Waals surface area (Å²) in [6.45, 7) is 6.98. The Morgan fingerprint density at radius 1 is 1.06 bits per heavy atom. The number of benzene rings is 3. The molecular formula is C27H27ClN2O4. The molecule has 0 aromatic heterocycles. The molecule has 0 unspecified atom stereocenters. The van der Waals surface area contributed by atoms with Gasteiger partial charge in [0.25, 0.3) is 11.8 Å². The maximum Gasteiger partial charge on any atom is 0.265 e. The highest BCUT2D eigenvalue weighted by atomic mass is 35.5. The Labute approximate surface area is 204 Å². The van der Waals surface area contributed by atoms with Gasteiger partial charge >= 0.3 is 0 Å². The summed E-state index contributed by atoms with van der Waals surface area (Å²) in [6, 6.07) is 19.9. The van der Waals surface area contributed by atoms with E-state index >= 15 is 0 Å². The van der Waals surface area contributed by atoms with E-state index < -0.39 is 0 Å². The molecule has 1 aliphatic rings. The van der Waals surface area contributed by atoms with Crippen LogP contribution in [0.25, 0.3) is 0 Å². The summed E-state index contributed by atoms with van der Waals surface area (Å²) < 4.78 is 11.3. The Morgan fingerprint density at radius 3 is 2.44 bits per heavy atom. The molecular weight excluding hydrogens is 452 g/mol. The first-order valence-corrected chi connectivity index (χ1v) is 11.5. The summed E-state index contributed by atoms with van der Waals surface area (Å²) >= 11 is 5.91. The van der Waals surface area contributed by atoms with Crippen LogP contribution in [0.4, 0.5) is 11.4 Å². The second-order valence-electron chi connectivity index (χ2n) is 9.10. The Morgan fingerprint density at radius 2 is 1.76 bits per heavy atom. The quantitative estimate of drug-likeness (QED) is 0.494. The smallest absolute Gasteiger partial charge is 0.265 e. The van der Waals surface area contributed by atoms with Crippen LogP contribution in [-0.4, -0.2) is 31.6 Å². The monoisotopic (exact) mass is 478 g/mol. The summed E-state index contributed by atoms with van der Waals surface area (Å²) in [5.74, 6) is 0.858. The third kappa shape index (κ3) is 5.51. The predicted octanol–water partition coefficient (Wildman–Crippen LogP) is 5.69. The molecule has 0 atom stereocenters. The minimum Gasteiger partial charge on any atom is -0.492 e. The summed E-state index contributed by atoms with van der Waals surface area (Å²) in [5.41, 5.74) is 2.90. The molecule has 3 aromatic carbocycles. The van der Waals surface area contributed by atoms with Crippen molar-refractivity contribution < 1.29 is 19.1 Å². The number of hydrogen-bond acceptors (Lipinski definition) is 4. The van der Waals surface area contributed by atoms with E-state index in [-0.39, 0.29) is 23.8 Å². The predicted molar refractivity (Wildman–Crippen MR) is 134 cm³/mol. The number of anilines is 2. The zero-order chi connectivity index (χ0) is 24.3. The van der Waals surface area contributed by atoms with Crippen LogP contribution >= 0.6 is 11.6 Å². The van der Waals surface area contributed by atoms with Crippen molar-refractivity contribution in [3.05, 3.63) is 82.9 Å². The number of carbonyl (C=O) groups excluding carboxylic acids is 2. The molecule has 0 fully saturated rings. The van der Waals surface area contributed by atoms with Crippen molar-refractivity contribution in [3.63, 3.8) is 0 Å². The van der Waals surface area contributed by atoms with Crippen LogP contribution in [0.15, 0.2) is 66.7 Å². The standard InChI is InChI=1S/C27H27ClN2O4/c1-27(2,3)19-6-4-18(5-7-19)26(32)29-21-10-13-24-23(16-21)30(25(31)17-34-24)14-15-33-22-11-8-20(28)9-12-22/h4-13,16H,14-15,17H2,1-3H3,(H,29,32). The maximum atomic E-state index is 12.8. The normalized spacial score (nSPS) is 13.2. The fourth-order valence-corrected chi connectivity index (χ4v) is 3.76. The van der Waals surface area contributed by atoms with Crippen molar-refractivity contribution >= 4 is 34.8 Å². The number of rotatable bonds is 6. The third-order valence-electron chi connectivity index (χ3n) is 5.57. The lowest BCUT2D eigenvalue weighted by molar-refractivity contribution is -0.121. The van der Waals surface area contributed by atoms with Gasteiger partial charge in [0.15, 0.2) is 6.61 Å². The van der Waals surface area contributed by atoms with Crippen molar-refractivity contribution in [2.75, 3.05) is 30.0 Å². The van der Waals surface area contributed by atoms with Crippen LogP contribution in [0.3, 0.4) is 0 Å². The third-order valence-corrected chi connectivity index (χ3v) is 5.82. The minimum absolute atomic E-state index is 0.0147. The highest BCUT2D eigenvalue weighted by Gasteiger charge is 2.26. The van der Waals surface area contributed by atoms with Gasteiger partial charge in [-0.1, -0.05) is 44.5 Å². The molecule has 1 heterocycles. The first kappa shape index (κ1) is 23.6. The molecule has 1 aliphatic heterocycles. The first-order chi connectivity index (χ1) is 16.2. The number of ether oxygens (including phenoxy) is 2. The lowest BCUT2D eigenvalue weighted by atomic mass is 9.87. The molecule has 2 amide bonds. The van der Waals surface area contributed by atoms with Crippen LogP contribution in [-0.2, 0) is 10.2 Å². The summed E-state index contributed by atoms with van der Waals surface area (Å²) in [5, 5.41) is 3.54. The molecule has 1 N–H and O–H groups in total. The van der Waals surface area contributed by atoms with Gasteiger partial charge in [-0.05, 0) is 65.6 Å². The molecule has 0 spiro atoms. The van der Waals surface area contributed by atoms with Crippen LogP contribution in [0.5, 0.6) is 11.5 Å². The van der Waals surface area contributed by atoms with E-state index in [0.29, 0.717) is 46.6 Å². The fourth-order valence-electron chi connectivity index (χ4n) is 3.64. The fraction of sp³-hybridized carbons (Fsp3) is 0.259. The van der Waals surface area contributed by atoms with Crippen molar-refractivity contribution in [2.45, 2.75) is 26.2 Å². The maximum absolute atomic E-state index is 12.8. The molecule has 4 rings (SSSR count). The molecule has 0 saturated carbocycles. The van der Waals surface area contributed by atoms with Crippen molar-refractivity contribution in [3.8, 4) is 11.5 Å². The number of nitrogens with one attached hydrogen (secondary N) is 1. The van der Waals surface area contributed by atoms with E-state index in [4.69, 9.17) is 21.1 Å². The number of carbonyl (C=O) groups is 2. The van der Waals surface area contributed by atoms with E-state index in [9.17, 15) is 9.59 Å². The topological polar surface area (TPSA) is 67.9 Å². The summed E-state index contributed by atoms with van der Waals surface area (Å²) in [4.78, 5) is 27.0. The van der Waals surface area contributed by atoms with Gasteiger partial charge in [0.2, 0.25) is 0 Å². The number of halogens is 1. The van der Waals surface area contributed by atoms with Gasteiger partial charge in [-0.2, -0.15) is 0 Å². The van der Waals surface area contributed by atoms with Gasteiger partial charge in [-0.3, -0.25) is 9.59 Å². The molecule has 3 aromatic rings. The van der Waals surface area contributed by atoms with Gasteiger partial charge in [0.05, 0.1) is 12.2 Å². The lowest BCUT2D eigenvalue weighted by Gasteiger charge is -2.29. The average Bonchev–Trinajstić information content (AvgIpc) is 2.81. The number of fused-ring (bicyclic) bond motifs is 1. The minimum atomic E-state index is -0.221. The first-order valence-electron chi connectivity index (χ1n) is 11.1. The highest BCUT2D eigenvalue weighted by Crippen LogP contribution is 2.34. The Hall–Kier alpha value is -3.51. The number of amides is 2. The summed E-state index contributed by atoms with van der Waals surface area (Å²) in [7, 11) is 0. The van der Waals surface area contributed by atoms with E-state index in [1.54, 1.807) is 47.4 Å². The van der Waals surface area contributed by atoms with Gasteiger partial charge < -0.3 is 19.7 Å². The zero-order valence-electron chi connectivity index (χ0n) is 19.4. The Bertz CT molecular complexity index is 1180. The number of hydrogen-bond donors (Lipinski definition) is 1. The summed E-state index contributed by atoms with van der Waals surface area (Å²) in [6.07, 6.45) is 0. The molecule has 0 bridgehead atoms. The van der Waals surface area contributed by atoms with Gasteiger partial charge in [-0.25, -0.2) is 0 Å². The van der Waals surface area contributed by atoms with Crippen LogP contribution < -0.4 is 19.7 Å². The van der Waals surface area contributed by atoms with Crippen LogP contribution in [0.1, 0.15) is 36.7 Å². The van der Waals surface area contributed by atoms with Gasteiger partial charge in [0.1, 0.15) is 18.1 Å². The SMILES string of the molecule is CC(C)(C)c1ccc(C(=O)Nc2ccc3c(c2)N(CCOc2ccc(Cl)cc2)C(=O)CO3)cc1. The average molecular weight is 479 g/mol. The molecule has 6 nitrogen and oxygen atoms in total. The lowest BCUT2D eigenvalue weighted by Crippen LogP contribution is -2.41. The molecule has 0 radical (unpaired) electrons. The van der Waals surface area contributed by atoms with Crippen molar-refractivity contribution in [2.24, 2.45) is 0 Å². The van der Waals surface area contributed by atoms with Crippen LogP contribution in [0, 0.1) is 0 Å². The van der Waals surface area contributed by atoms with E-state index in [1.807, 2.05) is 24.3 Å². The molecule has 34 heavy (non-hydrogen) atoms. The van der Waals surface area contributed by atoms with Crippen molar-refractivity contribution in [1.82, 2.24) is 0 Å².